The van der Waals surface area contributed by atoms with Crippen molar-refractivity contribution in [1.82, 2.24) is 29.5 Å². The maximum Gasteiger partial charge on any atom is 1.00 e. The smallest absolute Gasteiger partial charge is 0.857 e. The van der Waals surface area contributed by atoms with Crippen molar-refractivity contribution < 1.29 is 69.7 Å². The Morgan fingerprint density at radius 3 is 1.51 bits per heavy atom. The number of pyridine rings is 6. The number of unbranched alkanes of at least 4 members (excludes halogenated alkanes) is 2. The quantitative estimate of drug-likeness (QED) is 0.0472. The first kappa shape index (κ1) is 65.7. The summed E-state index contributed by atoms with van der Waals surface area (Å²) in [5, 5.41) is 52.4. The van der Waals surface area contributed by atoms with Crippen LogP contribution in [0.5, 0.6) is 40.4 Å². The number of methoxy groups -OCH3 is 1. The van der Waals surface area contributed by atoms with E-state index in [4.69, 9.17) is 51.7 Å². The van der Waals surface area contributed by atoms with Crippen molar-refractivity contribution in [3.8, 4) is 40.4 Å². The fourth-order valence-corrected chi connectivity index (χ4v) is 4.66. The standard InChI is InChI=1S/C14H23NO2.C7H9NO2.C6H6ClNO.2C6H7NO2.C6H7NO.CH3Cl.CH3O.Na/c1-4-6-10-15-12(3)8-9-13(14(15)16)17-11-7-5-2;1-5-3-4-6(9)7(8-5)10-2;1-4-2-3-5(9)6(7)8-4;2*1-4-2-3-5(8)6(9)7-4;1-5-2-3-6(8)4-7-5;2*1-2;/h8-9H,4-7,10-11H2,1-3H3;3-4,9H,1-2H3;2-3,9H,1H3;2*2-3,8H,1H3,(H,7,9);2-4,8H,1H3;2*1H3;/q;;;;;;;-1;+1. The fourth-order valence-electron chi connectivity index (χ4n) is 4.46. The first-order chi connectivity index (χ1) is 31.3. The zero-order valence-corrected chi connectivity index (χ0v) is 44.0. The minimum Gasteiger partial charge on any atom is -0.857 e. The van der Waals surface area contributed by atoms with Gasteiger partial charge in [-0.25, -0.2) is 9.97 Å². The fraction of sp³-hybridized carbons (Fsp3) is 0.362. The van der Waals surface area contributed by atoms with Gasteiger partial charge in [-0.2, -0.15) is 7.11 Å². The number of H-pyrrole nitrogens is 2. The van der Waals surface area contributed by atoms with Gasteiger partial charge < -0.3 is 54.6 Å². The molecule has 0 aliphatic carbocycles. The van der Waals surface area contributed by atoms with E-state index in [1.165, 1.54) is 37.9 Å². The van der Waals surface area contributed by atoms with Crippen LogP contribution in [0.1, 0.15) is 73.7 Å². The third-order valence-electron chi connectivity index (χ3n) is 7.95. The number of nitrogens with zero attached hydrogens (tertiary/aromatic N) is 4. The molecule has 0 aliphatic heterocycles. The van der Waals surface area contributed by atoms with Gasteiger partial charge in [0.15, 0.2) is 33.9 Å². The summed E-state index contributed by atoms with van der Waals surface area (Å²) in [6.45, 7) is 16.6. The van der Waals surface area contributed by atoms with Gasteiger partial charge in [-0.1, -0.05) is 38.3 Å². The summed E-state index contributed by atoms with van der Waals surface area (Å²) < 4.78 is 12.1. The summed E-state index contributed by atoms with van der Waals surface area (Å²) in [6.07, 6.45) is 7.08. The average molecular weight is 984 g/mol. The molecule has 6 rings (SSSR count). The van der Waals surface area contributed by atoms with E-state index >= 15 is 0 Å². The van der Waals surface area contributed by atoms with Crippen LogP contribution in [0.15, 0.2) is 93.4 Å². The van der Waals surface area contributed by atoms with Gasteiger partial charge in [-0.3, -0.25) is 19.4 Å². The van der Waals surface area contributed by atoms with E-state index in [9.17, 15) is 14.4 Å². The number of alkyl halides is 1. The summed E-state index contributed by atoms with van der Waals surface area (Å²) >= 11 is 10.1. The predicted octanol–water partition coefficient (Wildman–Crippen LogP) is 4.70. The van der Waals surface area contributed by atoms with Crippen LogP contribution in [0, 0.1) is 41.5 Å². The number of aromatic amines is 2. The van der Waals surface area contributed by atoms with Gasteiger partial charge in [-0.15, -0.1) is 11.6 Å². The number of rotatable bonds is 8. The van der Waals surface area contributed by atoms with Crippen LogP contribution in [-0.2, 0) is 6.54 Å². The Hall–Kier alpha value is -5.56. The molecule has 364 valence electrons. The second kappa shape index (κ2) is 38.5. The second-order valence-electron chi connectivity index (χ2n) is 13.5. The first-order valence-electron chi connectivity index (χ1n) is 20.4. The first-order valence-corrected chi connectivity index (χ1v) is 21.5. The van der Waals surface area contributed by atoms with Crippen LogP contribution in [0.25, 0.3) is 0 Å². The van der Waals surface area contributed by atoms with E-state index in [1.54, 1.807) is 62.4 Å². The molecule has 67 heavy (non-hydrogen) atoms. The van der Waals surface area contributed by atoms with Gasteiger partial charge in [0.1, 0.15) is 5.75 Å². The monoisotopic (exact) mass is 982 g/mol. The molecule has 0 atom stereocenters. The number of nitrogens with one attached hydrogen (secondary N) is 2. The summed E-state index contributed by atoms with van der Waals surface area (Å²) in [5.41, 5.74) is 4.19. The Morgan fingerprint density at radius 2 is 1.12 bits per heavy atom. The minimum absolute atomic E-state index is 0. The molecule has 0 radical (unpaired) electrons. The summed E-state index contributed by atoms with van der Waals surface area (Å²) in [6, 6.07) is 19.6. The van der Waals surface area contributed by atoms with Gasteiger partial charge in [0.25, 0.3) is 22.6 Å². The molecule has 6 aromatic rings. The molecule has 0 bridgehead atoms. The number of hydrogen-bond acceptors (Lipinski definition) is 14. The molecule has 20 heteroatoms. The van der Waals surface area contributed by atoms with Crippen LogP contribution in [0.2, 0.25) is 5.15 Å². The normalized spacial score (nSPS) is 9.16. The van der Waals surface area contributed by atoms with Gasteiger partial charge in [-0.05, 0) is 127 Å². The third kappa shape index (κ3) is 28.9. The topological polar surface area (TPSA) is 269 Å². The van der Waals surface area contributed by atoms with Crippen molar-refractivity contribution >= 4 is 23.2 Å². The summed E-state index contributed by atoms with van der Waals surface area (Å²) in [5.74, 6) is 0.618. The van der Waals surface area contributed by atoms with E-state index in [-0.39, 0.29) is 74.9 Å². The minimum atomic E-state index is -0.435. The average Bonchev–Trinajstić information content (AvgIpc) is 3.30. The van der Waals surface area contributed by atoms with Gasteiger partial charge >= 0.3 is 29.6 Å². The van der Waals surface area contributed by atoms with E-state index in [0.717, 1.165) is 73.5 Å². The van der Waals surface area contributed by atoms with Crippen LogP contribution in [0.3, 0.4) is 0 Å². The molecule has 0 unspecified atom stereocenters. The Kier molecular flexibility index (Phi) is 37.8. The van der Waals surface area contributed by atoms with Gasteiger partial charge in [0.2, 0.25) is 0 Å². The number of halogens is 2. The predicted molar refractivity (Wildman–Crippen MR) is 259 cm³/mol. The van der Waals surface area contributed by atoms with E-state index in [0.29, 0.717) is 12.4 Å². The molecule has 0 amide bonds. The maximum absolute atomic E-state index is 12.1. The molecule has 0 saturated carbocycles. The van der Waals surface area contributed by atoms with Crippen LogP contribution >= 0.6 is 23.2 Å². The van der Waals surface area contributed by atoms with Crippen molar-refractivity contribution in [2.24, 2.45) is 0 Å². The van der Waals surface area contributed by atoms with Crippen molar-refractivity contribution in [2.75, 3.05) is 27.2 Å². The molecule has 0 saturated heterocycles. The number of aryl methyl sites for hydroxylation is 6. The Labute approximate surface area is 424 Å². The van der Waals surface area contributed by atoms with E-state index in [1.807, 2.05) is 38.3 Å². The third-order valence-corrected chi connectivity index (χ3v) is 8.23. The summed E-state index contributed by atoms with van der Waals surface area (Å²) in [7, 11) is 2.22. The van der Waals surface area contributed by atoms with Gasteiger partial charge in [0.05, 0.1) is 19.9 Å². The molecule has 6 aromatic heterocycles. The maximum atomic E-state index is 12.1. The molecular formula is C47H65Cl2N6NaO11. The molecule has 6 heterocycles. The molecule has 0 fully saturated rings. The van der Waals surface area contributed by atoms with Crippen LogP contribution in [0.4, 0.5) is 0 Å². The molecule has 0 aliphatic rings. The Morgan fingerprint density at radius 1 is 0.642 bits per heavy atom. The molecule has 7 N–H and O–H groups in total. The SMILES string of the molecule is CCCCOc1ccc(C)n(CCCC)c1=O.CCl.COc1nc(C)ccc1O.C[O-].Cc1ccc(O)c(=O)[nH]1.Cc1ccc(O)c(=O)[nH]1.Cc1ccc(O)c(Cl)n1.Cc1ccc(O)cn1.[Na+]. The van der Waals surface area contributed by atoms with Crippen molar-refractivity contribution in [1.29, 1.82) is 0 Å². The van der Waals surface area contributed by atoms with Crippen LogP contribution in [-0.4, -0.2) is 82.2 Å². The zero-order chi connectivity index (χ0) is 50.8. The number of aromatic nitrogens is 6. The Bertz CT molecular complexity index is 2360. The number of hydrogen-bond donors (Lipinski definition) is 7. The van der Waals surface area contributed by atoms with Crippen LogP contribution < -0.4 is 60.8 Å². The van der Waals surface area contributed by atoms with Gasteiger partial charge in [0, 0.05) is 47.1 Å². The van der Waals surface area contributed by atoms with E-state index < -0.39 is 11.1 Å². The second-order valence-corrected chi connectivity index (χ2v) is 13.8. The molecular weight excluding hydrogens is 918 g/mol. The van der Waals surface area contributed by atoms with Crippen molar-refractivity contribution in [2.45, 2.75) is 87.6 Å². The zero-order valence-electron chi connectivity index (χ0n) is 40.5. The largest absolute Gasteiger partial charge is 1.00 e. The number of ether oxygens (including phenoxy) is 2. The molecule has 0 spiro atoms. The van der Waals surface area contributed by atoms with Crippen molar-refractivity contribution in [3.63, 3.8) is 0 Å². The Balaban J connectivity index is -0.000000734. The molecule has 0 aromatic carbocycles. The van der Waals surface area contributed by atoms with E-state index in [2.05, 4.69) is 50.4 Å². The summed E-state index contributed by atoms with van der Waals surface area (Å²) in [4.78, 5) is 49.6. The molecule has 17 nitrogen and oxygen atoms in total. The number of aromatic hydroxyl groups is 5. The van der Waals surface area contributed by atoms with Crippen molar-refractivity contribution in [3.05, 3.63) is 149 Å².